The van der Waals surface area contributed by atoms with Gasteiger partial charge in [0, 0.05) is 42.0 Å². The zero-order valence-corrected chi connectivity index (χ0v) is 19.3. The highest BCUT2D eigenvalue weighted by Crippen LogP contribution is 2.23. The first-order valence-electron chi connectivity index (χ1n) is 11.4. The topological polar surface area (TPSA) is 90.6 Å². The normalized spacial score (nSPS) is 14.8. The number of amides is 1. The Kier molecular flexibility index (Phi) is 6.52. The molecule has 35 heavy (non-hydrogen) atoms. The Morgan fingerprint density at radius 1 is 1.09 bits per heavy atom. The minimum absolute atomic E-state index is 0.225. The highest BCUT2D eigenvalue weighted by molar-refractivity contribution is 6.01. The smallest absolute Gasteiger partial charge is 0.269 e. The Morgan fingerprint density at radius 2 is 1.89 bits per heavy atom. The van der Waals surface area contributed by atoms with Crippen LogP contribution in [0.15, 0.2) is 90.3 Å². The second kappa shape index (κ2) is 10.2. The van der Waals surface area contributed by atoms with Crippen LogP contribution >= 0.6 is 0 Å². The molecule has 0 bridgehead atoms. The Labute approximate surface area is 203 Å². The second-order valence-corrected chi connectivity index (χ2v) is 8.17. The molecule has 8 nitrogen and oxygen atoms in total. The monoisotopic (exact) mass is 467 g/mol. The van der Waals surface area contributed by atoms with Crippen molar-refractivity contribution in [3.8, 4) is 17.0 Å². The summed E-state index contributed by atoms with van der Waals surface area (Å²) in [5.74, 6) is 0.503. The molecule has 1 atom stereocenters. The molecule has 0 radical (unpaired) electrons. The van der Waals surface area contributed by atoms with Gasteiger partial charge in [0.15, 0.2) is 6.10 Å². The first kappa shape index (κ1) is 22.3. The van der Waals surface area contributed by atoms with Crippen LogP contribution in [-0.4, -0.2) is 39.6 Å². The van der Waals surface area contributed by atoms with E-state index in [4.69, 9.17) is 14.7 Å². The maximum Gasteiger partial charge on any atom is 0.269 e. The van der Waals surface area contributed by atoms with Crippen molar-refractivity contribution in [3.05, 3.63) is 102 Å². The number of rotatable bonds is 8. The molecule has 1 aliphatic heterocycles. The number of carbonyl (C=O) groups is 1. The van der Waals surface area contributed by atoms with E-state index in [-0.39, 0.29) is 12.0 Å². The lowest BCUT2D eigenvalue weighted by Gasteiger charge is -2.13. The summed E-state index contributed by atoms with van der Waals surface area (Å²) >= 11 is 0. The van der Waals surface area contributed by atoms with Crippen LogP contribution in [0.2, 0.25) is 0 Å². The number of oxime groups is 1. The minimum Gasteiger partial charge on any atom is -0.496 e. The van der Waals surface area contributed by atoms with Crippen LogP contribution in [0.3, 0.4) is 0 Å². The molecule has 0 saturated carbocycles. The zero-order valence-electron chi connectivity index (χ0n) is 19.3. The Hall–Kier alpha value is -4.46. The number of para-hydroxylation sites is 1. The van der Waals surface area contributed by atoms with Gasteiger partial charge < -0.3 is 14.9 Å². The number of nitrogens with one attached hydrogen (secondary N) is 1. The molecule has 0 fully saturated rings. The standard InChI is InChI=1S/C27H25N5O3/c1-34-26-12-6-5-10-21(26)17-29-27(33)25-15-23(19-8-3-2-4-9-19)30-32(25)18-22-14-24(31-35-22)20-11-7-13-28-16-20/h2-13,15-16,22H,14,17-18H2,1H3,(H,29,33). The Balaban J connectivity index is 1.35. The van der Waals surface area contributed by atoms with Crippen molar-refractivity contribution in [2.45, 2.75) is 25.6 Å². The highest BCUT2D eigenvalue weighted by Gasteiger charge is 2.26. The molecule has 0 aliphatic carbocycles. The van der Waals surface area contributed by atoms with Crippen molar-refractivity contribution >= 4 is 11.6 Å². The molecule has 5 rings (SSSR count). The summed E-state index contributed by atoms with van der Waals surface area (Å²) in [7, 11) is 1.62. The van der Waals surface area contributed by atoms with Gasteiger partial charge >= 0.3 is 0 Å². The molecular weight excluding hydrogens is 442 g/mol. The molecule has 3 heterocycles. The molecule has 1 aliphatic rings. The summed E-state index contributed by atoms with van der Waals surface area (Å²) in [4.78, 5) is 23.1. The average molecular weight is 468 g/mol. The fourth-order valence-corrected chi connectivity index (χ4v) is 4.03. The lowest BCUT2D eigenvalue weighted by Crippen LogP contribution is -2.28. The van der Waals surface area contributed by atoms with E-state index in [1.165, 1.54) is 0 Å². The van der Waals surface area contributed by atoms with E-state index in [0.717, 1.165) is 33.8 Å². The summed E-state index contributed by atoms with van der Waals surface area (Å²) in [5.41, 5.74) is 4.77. The van der Waals surface area contributed by atoms with Crippen LogP contribution in [0, 0.1) is 0 Å². The second-order valence-electron chi connectivity index (χ2n) is 8.17. The van der Waals surface area contributed by atoms with Gasteiger partial charge in [0.25, 0.3) is 5.91 Å². The van der Waals surface area contributed by atoms with Gasteiger partial charge in [-0.05, 0) is 24.3 Å². The molecule has 2 aromatic heterocycles. The van der Waals surface area contributed by atoms with Crippen molar-refractivity contribution in [1.82, 2.24) is 20.1 Å². The van der Waals surface area contributed by atoms with Crippen molar-refractivity contribution < 1.29 is 14.4 Å². The van der Waals surface area contributed by atoms with Gasteiger partial charge in [-0.15, -0.1) is 0 Å². The van der Waals surface area contributed by atoms with Gasteiger partial charge in [-0.2, -0.15) is 5.10 Å². The number of methoxy groups -OCH3 is 1. The molecule has 0 saturated heterocycles. The van der Waals surface area contributed by atoms with Crippen LogP contribution < -0.4 is 10.1 Å². The average Bonchev–Trinajstić information content (AvgIpc) is 3.56. The molecule has 2 aromatic carbocycles. The van der Waals surface area contributed by atoms with Crippen molar-refractivity contribution in [2.75, 3.05) is 7.11 Å². The van der Waals surface area contributed by atoms with E-state index < -0.39 is 0 Å². The third-order valence-electron chi connectivity index (χ3n) is 5.82. The molecule has 176 valence electrons. The Morgan fingerprint density at radius 3 is 2.69 bits per heavy atom. The predicted octanol–water partition coefficient (Wildman–Crippen LogP) is 4.08. The lowest BCUT2D eigenvalue weighted by molar-refractivity contribution is 0.0681. The van der Waals surface area contributed by atoms with E-state index >= 15 is 0 Å². The Bertz CT molecular complexity index is 1340. The maximum atomic E-state index is 13.3. The van der Waals surface area contributed by atoms with Gasteiger partial charge in [-0.1, -0.05) is 53.7 Å². The van der Waals surface area contributed by atoms with E-state index in [1.54, 1.807) is 24.2 Å². The molecular formula is C27H25N5O3. The van der Waals surface area contributed by atoms with E-state index in [0.29, 0.717) is 25.2 Å². The number of hydrogen-bond donors (Lipinski definition) is 1. The summed E-state index contributed by atoms with van der Waals surface area (Å²) < 4.78 is 7.10. The highest BCUT2D eigenvalue weighted by atomic mass is 16.6. The van der Waals surface area contributed by atoms with Crippen LogP contribution in [-0.2, 0) is 17.9 Å². The zero-order chi connectivity index (χ0) is 24.0. The van der Waals surface area contributed by atoms with Gasteiger partial charge in [0.2, 0.25) is 0 Å². The number of pyridine rings is 1. The number of carbonyl (C=O) groups excluding carboxylic acids is 1. The number of benzene rings is 2. The lowest BCUT2D eigenvalue weighted by atomic mass is 10.1. The first-order valence-corrected chi connectivity index (χ1v) is 11.4. The van der Waals surface area contributed by atoms with Crippen LogP contribution in [0.4, 0.5) is 0 Å². The van der Waals surface area contributed by atoms with Gasteiger partial charge in [0.1, 0.15) is 11.4 Å². The number of ether oxygens (including phenoxy) is 1. The van der Waals surface area contributed by atoms with E-state index in [9.17, 15) is 4.79 Å². The number of hydrogen-bond acceptors (Lipinski definition) is 6. The molecule has 1 N–H and O–H groups in total. The van der Waals surface area contributed by atoms with Gasteiger partial charge in [0.05, 0.1) is 25.1 Å². The summed E-state index contributed by atoms with van der Waals surface area (Å²) in [6.45, 7) is 0.723. The number of nitrogens with zero attached hydrogens (tertiary/aromatic N) is 4. The molecule has 4 aromatic rings. The minimum atomic E-state index is -0.241. The van der Waals surface area contributed by atoms with Crippen molar-refractivity contribution in [3.63, 3.8) is 0 Å². The van der Waals surface area contributed by atoms with E-state index in [1.807, 2.05) is 72.8 Å². The quantitative estimate of drug-likeness (QED) is 0.422. The van der Waals surface area contributed by atoms with Crippen LogP contribution in [0.25, 0.3) is 11.3 Å². The van der Waals surface area contributed by atoms with Crippen LogP contribution in [0.5, 0.6) is 5.75 Å². The SMILES string of the molecule is COc1ccccc1CNC(=O)c1cc(-c2ccccc2)nn1CC1CC(c2cccnc2)=NO1. The molecule has 8 heteroatoms. The summed E-state index contributed by atoms with van der Waals surface area (Å²) in [5, 5.41) is 12.0. The summed E-state index contributed by atoms with van der Waals surface area (Å²) in [6.07, 6.45) is 3.86. The molecule has 0 spiro atoms. The van der Waals surface area contributed by atoms with Gasteiger partial charge in [-0.3, -0.25) is 14.5 Å². The molecule has 1 unspecified atom stereocenters. The summed E-state index contributed by atoms with van der Waals surface area (Å²) in [6, 6.07) is 23.0. The van der Waals surface area contributed by atoms with E-state index in [2.05, 4.69) is 15.5 Å². The fraction of sp³-hybridized carbons (Fsp3) is 0.185. The van der Waals surface area contributed by atoms with Crippen molar-refractivity contribution in [2.24, 2.45) is 5.16 Å². The largest absolute Gasteiger partial charge is 0.496 e. The molecule has 1 amide bonds. The van der Waals surface area contributed by atoms with Gasteiger partial charge in [-0.25, -0.2) is 0 Å². The number of aromatic nitrogens is 3. The maximum absolute atomic E-state index is 13.3. The first-order chi connectivity index (χ1) is 17.2. The predicted molar refractivity (Wildman–Crippen MR) is 132 cm³/mol. The van der Waals surface area contributed by atoms with Crippen molar-refractivity contribution in [1.29, 1.82) is 0 Å². The third kappa shape index (κ3) is 5.06. The fourth-order valence-electron chi connectivity index (χ4n) is 4.03. The third-order valence-corrected chi connectivity index (χ3v) is 5.82. The van der Waals surface area contributed by atoms with Crippen LogP contribution in [0.1, 0.15) is 28.0 Å².